The molecule has 0 aliphatic heterocycles. The Balaban J connectivity index is 1.65. The maximum absolute atomic E-state index is 6.57. The Morgan fingerprint density at radius 1 is 0.929 bits per heavy atom. The maximum atomic E-state index is 6.57. The van der Waals surface area contributed by atoms with E-state index >= 15 is 0 Å². The Hall–Kier alpha value is -1.71. The van der Waals surface area contributed by atoms with Crippen LogP contribution < -0.4 is 14.8 Å². The average molecular weight is 402 g/mol. The van der Waals surface area contributed by atoms with Gasteiger partial charge in [-0.15, -0.1) is 0 Å². The van der Waals surface area contributed by atoms with E-state index < -0.39 is 0 Å². The zero-order chi connectivity index (χ0) is 19.6. The largest absolute Gasteiger partial charge is 0.490 e. The lowest BCUT2D eigenvalue weighted by Gasteiger charge is -2.22. The van der Waals surface area contributed by atoms with Crippen LogP contribution in [0.2, 0.25) is 5.02 Å². The molecule has 1 fully saturated rings. The van der Waals surface area contributed by atoms with Crippen LogP contribution in [0.1, 0.15) is 63.0 Å². The molecule has 1 N–H and O–H groups in total. The first-order valence-electron chi connectivity index (χ1n) is 10.6. The molecule has 0 radical (unpaired) electrons. The molecule has 152 valence electrons. The zero-order valence-corrected chi connectivity index (χ0v) is 17.6. The molecule has 4 heteroatoms. The van der Waals surface area contributed by atoms with E-state index in [-0.39, 0.29) is 0 Å². The number of ether oxygens (including phenoxy) is 2. The van der Waals surface area contributed by atoms with Crippen LogP contribution in [-0.4, -0.2) is 12.6 Å². The van der Waals surface area contributed by atoms with E-state index in [0.717, 1.165) is 23.4 Å². The van der Waals surface area contributed by atoms with Gasteiger partial charge < -0.3 is 14.8 Å². The summed E-state index contributed by atoms with van der Waals surface area (Å²) in [7, 11) is 0. The molecule has 0 amide bonds. The van der Waals surface area contributed by atoms with Crippen LogP contribution in [0.15, 0.2) is 42.5 Å². The molecule has 0 bridgehead atoms. The molecule has 0 saturated heterocycles. The molecule has 0 spiro atoms. The molecule has 0 heterocycles. The fourth-order valence-electron chi connectivity index (χ4n) is 3.78. The van der Waals surface area contributed by atoms with Crippen LogP contribution >= 0.6 is 11.6 Å². The van der Waals surface area contributed by atoms with E-state index in [9.17, 15) is 0 Å². The van der Waals surface area contributed by atoms with E-state index in [4.69, 9.17) is 21.1 Å². The van der Waals surface area contributed by atoms with Gasteiger partial charge in [0.25, 0.3) is 0 Å². The summed E-state index contributed by atoms with van der Waals surface area (Å²) in [6.45, 7) is 3.84. The summed E-state index contributed by atoms with van der Waals surface area (Å²) >= 11 is 6.57. The second kappa shape index (κ2) is 11.3. The SMILES string of the molecule is CCOc1cc(CNC2CCCCCCC2)cc(Cl)c1OCc1ccccc1. The lowest BCUT2D eigenvalue weighted by Crippen LogP contribution is -2.29. The van der Waals surface area contributed by atoms with Gasteiger partial charge in [-0.2, -0.15) is 0 Å². The molecule has 3 nitrogen and oxygen atoms in total. The number of hydrogen-bond donors (Lipinski definition) is 1. The predicted octanol–water partition coefficient (Wildman–Crippen LogP) is 6.52. The Bertz CT molecular complexity index is 712. The van der Waals surface area contributed by atoms with Gasteiger partial charge in [-0.25, -0.2) is 0 Å². The molecule has 0 aromatic heterocycles. The Morgan fingerprint density at radius 3 is 2.36 bits per heavy atom. The normalized spacial score (nSPS) is 15.6. The lowest BCUT2D eigenvalue weighted by atomic mass is 9.96. The van der Waals surface area contributed by atoms with Crippen molar-refractivity contribution in [2.45, 2.75) is 71.1 Å². The van der Waals surface area contributed by atoms with Crippen LogP contribution in [0, 0.1) is 0 Å². The average Bonchev–Trinajstić information content (AvgIpc) is 2.67. The first-order valence-corrected chi connectivity index (χ1v) is 11.0. The summed E-state index contributed by atoms with van der Waals surface area (Å²) in [6.07, 6.45) is 9.32. The van der Waals surface area contributed by atoms with Gasteiger partial charge in [0, 0.05) is 12.6 Å². The van der Waals surface area contributed by atoms with Crippen molar-refractivity contribution in [3.05, 3.63) is 58.6 Å². The first kappa shape index (κ1) is 21.0. The number of halogens is 1. The topological polar surface area (TPSA) is 30.5 Å². The Morgan fingerprint density at radius 2 is 1.64 bits per heavy atom. The van der Waals surface area contributed by atoms with Crippen molar-refractivity contribution < 1.29 is 9.47 Å². The van der Waals surface area contributed by atoms with Crippen LogP contribution in [0.5, 0.6) is 11.5 Å². The fourth-order valence-corrected chi connectivity index (χ4v) is 4.07. The molecule has 1 aliphatic rings. The van der Waals surface area contributed by atoms with Gasteiger partial charge in [-0.3, -0.25) is 0 Å². The number of nitrogens with one attached hydrogen (secondary N) is 1. The molecule has 1 saturated carbocycles. The Kier molecular flexibility index (Phi) is 8.50. The third-order valence-electron chi connectivity index (χ3n) is 5.30. The van der Waals surface area contributed by atoms with Gasteiger partial charge in [0.2, 0.25) is 0 Å². The minimum Gasteiger partial charge on any atom is -0.490 e. The number of rotatable bonds is 8. The molecule has 2 aromatic carbocycles. The highest BCUT2D eigenvalue weighted by molar-refractivity contribution is 6.32. The van der Waals surface area contributed by atoms with E-state index in [1.807, 2.05) is 43.3 Å². The van der Waals surface area contributed by atoms with Crippen molar-refractivity contribution in [1.82, 2.24) is 5.32 Å². The minimum absolute atomic E-state index is 0.473. The van der Waals surface area contributed by atoms with Crippen LogP contribution in [0.25, 0.3) is 0 Å². The highest BCUT2D eigenvalue weighted by Gasteiger charge is 2.15. The van der Waals surface area contributed by atoms with Gasteiger partial charge in [0.05, 0.1) is 11.6 Å². The summed E-state index contributed by atoms with van der Waals surface area (Å²) in [5.41, 5.74) is 2.25. The maximum Gasteiger partial charge on any atom is 0.180 e. The third kappa shape index (κ3) is 6.42. The second-order valence-electron chi connectivity index (χ2n) is 7.54. The summed E-state index contributed by atoms with van der Waals surface area (Å²) in [6, 6.07) is 14.8. The quantitative estimate of drug-likeness (QED) is 0.546. The summed E-state index contributed by atoms with van der Waals surface area (Å²) in [5, 5.41) is 4.33. The third-order valence-corrected chi connectivity index (χ3v) is 5.58. The Labute approximate surface area is 174 Å². The van der Waals surface area contributed by atoms with Crippen molar-refractivity contribution in [2.75, 3.05) is 6.61 Å². The van der Waals surface area contributed by atoms with Gasteiger partial charge in [-0.05, 0) is 43.0 Å². The molecular weight excluding hydrogens is 370 g/mol. The van der Waals surface area contributed by atoms with Gasteiger partial charge in [-0.1, -0.05) is 74.0 Å². The lowest BCUT2D eigenvalue weighted by molar-refractivity contribution is 0.269. The van der Waals surface area contributed by atoms with Crippen molar-refractivity contribution in [3.8, 4) is 11.5 Å². The van der Waals surface area contributed by atoms with Gasteiger partial charge in [0.1, 0.15) is 6.61 Å². The predicted molar refractivity (Wildman–Crippen MR) is 116 cm³/mol. The smallest absolute Gasteiger partial charge is 0.180 e. The standard InChI is InChI=1S/C24H32ClNO2/c1-2-27-23-16-20(17-26-21-13-9-4-3-5-10-14-21)15-22(25)24(23)28-18-19-11-7-6-8-12-19/h6-8,11-12,15-16,21,26H,2-5,9-10,13-14,17-18H2,1H3. The molecule has 1 aliphatic carbocycles. The van der Waals surface area contributed by atoms with Crippen molar-refractivity contribution in [1.29, 1.82) is 0 Å². The van der Waals surface area contributed by atoms with E-state index in [1.54, 1.807) is 0 Å². The van der Waals surface area contributed by atoms with Gasteiger partial charge in [0.15, 0.2) is 11.5 Å². The van der Waals surface area contributed by atoms with E-state index in [0.29, 0.717) is 30.0 Å². The zero-order valence-electron chi connectivity index (χ0n) is 16.9. The second-order valence-corrected chi connectivity index (χ2v) is 7.94. The first-order chi connectivity index (χ1) is 13.8. The molecule has 0 atom stereocenters. The monoisotopic (exact) mass is 401 g/mol. The molecule has 0 unspecified atom stereocenters. The molecule has 2 aromatic rings. The molecule has 3 rings (SSSR count). The molecule has 28 heavy (non-hydrogen) atoms. The summed E-state index contributed by atoms with van der Waals surface area (Å²) < 4.78 is 11.8. The highest BCUT2D eigenvalue weighted by Crippen LogP contribution is 2.37. The van der Waals surface area contributed by atoms with E-state index in [1.165, 1.54) is 44.9 Å². The minimum atomic E-state index is 0.473. The molecular formula is C24H32ClNO2. The fraction of sp³-hybridized carbons (Fsp3) is 0.500. The number of benzene rings is 2. The summed E-state index contributed by atoms with van der Waals surface area (Å²) in [4.78, 5) is 0. The van der Waals surface area contributed by atoms with Crippen molar-refractivity contribution >= 4 is 11.6 Å². The summed E-state index contributed by atoms with van der Waals surface area (Å²) in [5.74, 6) is 1.35. The van der Waals surface area contributed by atoms with Crippen molar-refractivity contribution in [3.63, 3.8) is 0 Å². The van der Waals surface area contributed by atoms with Crippen molar-refractivity contribution in [2.24, 2.45) is 0 Å². The van der Waals surface area contributed by atoms with Gasteiger partial charge >= 0.3 is 0 Å². The number of hydrogen-bond acceptors (Lipinski definition) is 3. The van der Waals surface area contributed by atoms with E-state index in [2.05, 4.69) is 11.4 Å². The highest BCUT2D eigenvalue weighted by atomic mass is 35.5. The van der Waals surface area contributed by atoms with Crippen LogP contribution in [0.3, 0.4) is 0 Å². The van der Waals surface area contributed by atoms with Crippen LogP contribution in [-0.2, 0) is 13.2 Å². The van der Waals surface area contributed by atoms with Crippen LogP contribution in [0.4, 0.5) is 0 Å².